The lowest BCUT2D eigenvalue weighted by molar-refractivity contribution is -0.870. The Hall–Kier alpha value is -1.77. The van der Waals surface area contributed by atoms with Crippen LogP contribution in [0.25, 0.3) is 0 Å². The Morgan fingerprint density at radius 2 is 0.734 bits per heavy atom. The molecule has 0 spiro atoms. The number of nitrogens with one attached hydrogen (secondary N) is 1. The largest absolute Gasteiger partial charge is 0.756 e. The summed E-state index contributed by atoms with van der Waals surface area (Å²) in [5.41, 5.74) is 0. The van der Waals surface area contributed by atoms with Gasteiger partial charge in [0.15, 0.2) is 0 Å². The van der Waals surface area contributed by atoms with Crippen molar-refractivity contribution in [1.29, 1.82) is 0 Å². The maximum atomic E-state index is 13.6. The first kappa shape index (κ1) is 77.2. The van der Waals surface area contributed by atoms with E-state index in [0.29, 0.717) is 17.4 Å². The highest BCUT2D eigenvalue weighted by atomic mass is 31.2. The van der Waals surface area contributed by atoms with Crippen LogP contribution in [0.15, 0.2) is 36.5 Å². The van der Waals surface area contributed by atoms with Crippen molar-refractivity contribution in [3.8, 4) is 0 Å². The van der Waals surface area contributed by atoms with Crippen molar-refractivity contribution in [1.82, 2.24) is 5.32 Å². The first-order valence-electron chi connectivity index (χ1n) is 34.3. The van der Waals surface area contributed by atoms with Gasteiger partial charge in [-0.2, -0.15) is 0 Å². The lowest BCUT2D eigenvalue weighted by atomic mass is 10.0. The molecule has 10 heteroatoms. The lowest BCUT2D eigenvalue weighted by Crippen LogP contribution is -2.47. The zero-order valence-corrected chi connectivity index (χ0v) is 54.2. The van der Waals surface area contributed by atoms with Gasteiger partial charge in [-0.05, 0) is 83.1 Å². The highest BCUT2D eigenvalue weighted by Gasteiger charge is 2.27. The second-order valence-electron chi connectivity index (χ2n) is 24.7. The molecule has 1 N–H and O–H groups in total. The van der Waals surface area contributed by atoms with Crippen molar-refractivity contribution in [2.24, 2.45) is 0 Å². The van der Waals surface area contributed by atoms with E-state index in [1.54, 1.807) is 0 Å². The van der Waals surface area contributed by atoms with E-state index in [2.05, 4.69) is 50.4 Å². The third kappa shape index (κ3) is 60.6. The van der Waals surface area contributed by atoms with Gasteiger partial charge in [0.25, 0.3) is 7.82 Å². The summed E-state index contributed by atoms with van der Waals surface area (Å²) in [6.45, 7) is 6.88. The molecule has 0 radical (unpaired) electrons. The van der Waals surface area contributed by atoms with Gasteiger partial charge in [0.05, 0.1) is 33.8 Å². The van der Waals surface area contributed by atoms with Gasteiger partial charge < -0.3 is 28.5 Å². The zero-order chi connectivity index (χ0) is 57.9. The number of phosphoric ester groups is 1. The van der Waals surface area contributed by atoms with E-state index in [1.807, 2.05) is 33.3 Å². The molecule has 3 atom stereocenters. The predicted octanol–water partition coefficient (Wildman–Crippen LogP) is 20.8. The van der Waals surface area contributed by atoms with Crippen LogP contribution >= 0.6 is 7.82 Å². The normalized spacial score (nSPS) is 13.8. The predicted molar refractivity (Wildman–Crippen MR) is 340 cm³/mol. The molecule has 0 aliphatic rings. The second-order valence-corrected chi connectivity index (χ2v) is 26.1. The molecule has 3 unspecified atom stereocenters. The maximum absolute atomic E-state index is 13.6. The standard InChI is InChI=1S/C69H133N2O7P/c1-7-10-13-16-19-22-25-28-30-32-33-34-35-36-37-39-40-43-46-49-52-55-58-61-68(72)70-66(65-77-79(74,75)76-64-63-71(4,5)6)67(60-57-54-51-48-45-42-27-24-21-18-15-12-9-3)78-69(73)62-59-56-53-50-47-44-41-38-31-29-26-23-20-17-14-11-8-2/h28-31,57,60,66-67H,7-27,32-56,58-59,61-65H2,1-6H3,(H-,70,72,74,75)/b30-28+,31-29+,60-57-. The Morgan fingerprint density at radius 1 is 0.430 bits per heavy atom. The van der Waals surface area contributed by atoms with Gasteiger partial charge in [0.2, 0.25) is 5.91 Å². The minimum absolute atomic E-state index is 0.0207. The summed E-state index contributed by atoms with van der Waals surface area (Å²) in [7, 11) is 1.20. The fourth-order valence-corrected chi connectivity index (χ4v) is 10.9. The third-order valence-electron chi connectivity index (χ3n) is 15.5. The van der Waals surface area contributed by atoms with Crippen LogP contribution in [0.2, 0.25) is 0 Å². The molecule has 0 saturated heterocycles. The lowest BCUT2D eigenvalue weighted by Gasteiger charge is -2.30. The summed E-state index contributed by atoms with van der Waals surface area (Å²) < 4.78 is 30.4. The topological polar surface area (TPSA) is 114 Å². The van der Waals surface area contributed by atoms with Gasteiger partial charge >= 0.3 is 5.97 Å². The van der Waals surface area contributed by atoms with Crippen molar-refractivity contribution in [2.75, 3.05) is 40.9 Å². The Morgan fingerprint density at radius 3 is 1.08 bits per heavy atom. The van der Waals surface area contributed by atoms with Crippen molar-refractivity contribution in [3.05, 3.63) is 36.5 Å². The molecule has 0 aliphatic carbocycles. The van der Waals surface area contributed by atoms with Gasteiger partial charge in [0, 0.05) is 12.8 Å². The number of esters is 1. The van der Waals surface area contributed by atoms with Crippen molar-refractivity contribution in [2.45, 2.75) is 354 Å². The molecular formula is C69H133N2O7P. The molecule has 0 aromatic heterocycles. The smallest absolute Gasteiger partial charge is 0.306 e. The molecule has 0 rings (SSSR count). The summed E-state index contributed by atoms with van der Waals surface area (Å²) in [6, 6.07) is -0.888. The summed E-state index contributed by atoms with van der Waals surface area (Å²) in [4.78, 5) is 40.1. The fraction of sp³-hybridized carbons (Fsp3) is 0.884. The average molecular weight is 1130 g/mol. The molecule has 0 fully saturated rings. The third-order valence-corrected chi connectivity index (χ3v) is 16.5. The number of rotatable bonds is 63. The number of allylic oxidation sites excluding steroid dienone is 5. The quantitative estimate of drug-likeness (QED) is 0.0212. The van der Waals surface area contributed by atoms with Crippen LogP contribution in [0.1, 0.15) is 342 Å². The Kier molecular flexibility index (Phi) is 58.1. The number of quaternary nitrogens is 1. The first-order chi connectivity index (χ1) is 38.4. The zero-order valence-electron chi connectivity index (χ0n) is 53.3. The van der Waals surface area contributed by atoms with Crippen LogP contribution in [0, 0.1) is 0 Å². The van der Waals surface area contributed by atoms with Gasteiger partial charge in [0.1, 0.15) is 19.3 Å². The van der Waals surface area contributed by atoms with Crippen molar-refractivity contribution < 1.29 is 37.3 Å². The van der Waals surface area contributed by atoms with Gasteiger partial charge in [-0.1, -0.05) is 282 Å². The number of carbonyl (C=O) groups excluding carboxylic acids is 2. The average Bonchev–Trinajstić information content (AvgIpc) is 3.41. The van der Waals surface area contributed by atoms with Gasteiger partial charge in [-0.3, -0.25) is 14.2 Å². The van der Waals surface area contributed by atoms with Crippen molar-refractivity contribution >= 4 is 19.7 Å². The molecular weight excluding hydrogens is 1000 g/mol. The highest BCUT2D eigenvalue weighted by Crippen LogP contribution is 2.38. The van der Waals surface area contributed by atoms with Gasteiger partial charge in [-0.15, -0.1) is 0 Å². The minimum Gasteiger partial charge on any atom is -0.756 e. The van der Waals surface area contributed by atoms with Crippen molar-refractivity contribution in [3.63, 3.8) is 0 Å². The molecule has 0 saturated carbocycles. The van der Waals surface area contributed by atoms with Crippen LogP contribution in [0.4, 0.5) is 0 Å². The van der Waals surface area contributed by atoms with E-state index in [9.17, 15) is 19.0 Å². The Bertz CT molecular complexity index is 1450. The Balaban J connectivity index is 5.13. The van der Waals surface area contributed by atoms with Crippen LogP contribution in [-0.4, -0.2) is 69.4 Å². The molecule has 0 bridgehead atoms. The van der Waals surface area contributed by atoms with E-state index in [-0.39, 0.29) is 31.5 Å². The molecule has 1 amide bonds. The van der Waals surface area contributed by atoms with E-state index in [4.69, 9.17) is 13.8 Å². The highest BCUT2D eigenvalue weighted by molar-refractivity contribution is 7.45. The maximum Gasteiger partial charge on any atom is 0.306 e. The molecule has 79 heavy (non-hydrogen) atoms. The SMILES string of the molecule is CCCCCCCC/C=C/CCCCCCCCCCCCCCCC(=O)NC(COP(=O)([O-])OCC[N+](C)(C)C)C(/C=C\CCCCCCCCCCCCC)OC(=O)CCCCCCCCC/C=C/CCCCCCCC. The fourth-order valence-electron chi connectivity index (χ4n) is 10.2. The summed E-state index contributed by atoms with van der Waals surface area (Å²) >= 11 is 0. The monoisotopic (exact) mass is 1130 g/mol. The van der Waals surface area contributed by atoms with E-state index < -0.39 is 20.0 Å². The summed E-state index contributed by atoms with van der Waals surface area (Å²) in [6.07, 6.45) is 72.6. The molecule has 0 aromatic rings. The van der Waals surface area contributed by atoms with Crippen LogP contribution in [-0.2, 0) is 27.9 Å². The molecule has 0 aromatic carbocycles. The Labute approximate surface area is 491 Å². The van der Waals surface area contributed by atoms with Gasteiger partial charge in [-0.25, -0.2) is 0 Å². The number of amides is 1. The van der Waals surface area contributed by atoms with Crippen LogP contribution in [0.5, 0.6) is 0 Å². The molecule has 0 heterocycles. The van der Waals surface area contributed by atoms with Crippen LogP contribution < -0.4 is 10.2 Å². The van der Waals surface area contributed by atoms with E-state index in [1.165, 1.54) is 238 Å². The molecule has 466 valence electrons. The van der Waals surface area contributed by atoms with E-state index >= 15 is 0 Å². The number of hydrogen-bond donors (Lipinski definition) is 1. The number of phosphoric acid groups is 1. The van der Waals surface area contributed by atoms with Crippen LogP contribution in [0.3, 0.4) is 0 Å². The summed E-state index contributed by atoms with van der Waals surface area (Å²) in [5.74, 6) is -0.530. The number of unbranched alkanes of at least 4 members (excludes halogenated alkanes) is 43. The number of ether oxygens (including phenoxy) is 1. The first-order valence-corrected chi connectivity index (χ1v) is 35.8. The number of hydrogen-bond acceptors (Lipinski definition) is 7. The number of likely N-dealkylation sites (N-methyl/N-ethyl adjacent to an activating group) is 1. The number of nitrogens with zero attached hydrogens (tertiary/aromatic N) is 1. The van der Waals surface area contributed by atoms with E-state index in [0.717, 1.165) is 70.6 Å². The summed E-state index contributed by atoms with van der Waals surface area (Å²) in [5, 5.41) is 3.04. The second kappa shape index (κ2) is 59.4. The number of carbonyl (C=O) groups is 2. The molecule has 0 aliphatic heterocycles. The molecule has 9 nitrogen and oxygen atoms in total. The minimum atomic E-state index is -4.70.